The van der Waals surface area contributed by atoms with Crippen molar-refractivity contribution in [2.75, 3.05) is 6.54 Å². The van der Waals surface area contributed by atoms with E-state index < -0.39 is 0 Å². The standard InChI is InChI=1S/C11H19N3O2/c1-4-12-8(2)5-11(15)13-7-10-6-9(3)16-14-10/h6,8,12H,4-5,7H2,1-3H3,(H,13,15). The van der Waals surface area contributed by atoms with E-state index in [1.807, 2.05) is 26.8 Å². The molecule has 5 nitrogen and oxygen atoms in total. The second-order valence-electron chi connectivity index (χ2n) is 3.87. The first-order valence-corrected chi connectivity index (χ1v) is 5.54. The van der Waals surface area contributed by atoms with Crippen LogP contribution < -0.4 is 10.6 Å². The maximum atomic E-state index is 11.5. The highest BCUT2D eigenvalue weighted by molar-refractivity contribution is 5.76. The van der Waals surface area contributed by atoms with E-state index in [0.29, 0.717) is 13.0 Å². The molecular formula is C11H19N3O2. The van der Waals surface area contributed by atoms with Crippen LogP contribution in [0.2, 0.25) is 0 Å². The van der Waals surface area contributed by atoms with Crippen molar-refractivity contribution >= 4 is 5.91 Å². The molecule has 0 saturated heterocycles. The molecule has 1 aromatic heterocycles. The van der Waals surface area contributed by atoms with Gasteiger partial charge in [0.25, 0.3) is 0 Å². The van der Waals surface area contributed by atoms with Crippen LogP contribution in [0.4, 0.5) is 0 Å². The highest BCUT2D eigenvalue weighted by Crippen LogP contribution is 2.01. The lowest BCUT2D eigenvalue weighted by molar-refractivity contribution is -0.121. The lowest BCUT2D eigenvalue weighted by Gasteiger charge is -2.11. The van der Waals surface area contributed by atoms with Crippen molar-refractivity contribution in [1.29, 1.82) is 0 Å². The normalized spacial score (nSPS) is 12.4. The van der Waals surface area contributed by atoms with Gasteiger partial charge in [0.15, 0.2) is 0 Å². The molecule has 0 radical (unpaired) electrons. The Bertz CT molecular complexity index is 336. The summed E-state index contributed by atoms with van der Waals surface area (Å²) in [6, 6.07) is 2.01. The molecule has 1 rings (SSSR count). The summed E-state index contributed by atoms with van der Waals surface area (Å²) in [7, 11) is 0. The topological polar surface area (TPSA) is 67.2 Å². The number of nitrogens with one attached hydrogen (secondary N) is 2. The number of nitrogens with zero attached hydrogens (tertiary/aromatic N) is 1. The molecule has 5 heteroatoms. The zero-order chi connectivity index (χ0) is 12.0. The summed E-state index contributed by atoms with van der Waals surface area (Å²) in [4.78, 5) is 11.5. The number of rotatable bonds is 6. The smallest absolute Gasteiger partial charge is 0.221 e. The predicted molar refractivity (Wildman–Crippen MR) is 60.8 cm³/mol. The van der Waals surface area contributed by atoms with E-state index in [1.165, 1.54) is 0 Å². The van der Waals surface area contributed by atoms with Gasteiger partial charge in [-0.1, -0.05) is 12.1 Å². The third kappa shape index (κ3) is 4.44. The van der Waals surface area contributed by atoms with Gasteiger partial charge >= 0.3 is 0 Å². The number of carbonyl (C=O) groups excluding carboxylic acids is 1. The van der Waals surface area contributed by atoms with Crippen LogP contribution in [0, 0.1) is 6.92 Å². The van der Waals surface area contributed by atoms with Gasteiger partial charge in [-0.3, -0.25) is 4.79 Å². The highest BCUT2D eigenvalue weighted by atomic mass is 16.5. The summed E-state index contributed by atoms with van der Waals surface area (Å²) in [5, 5.41) is 9.78. The van der Waals surface area contributed by atoms with Gasteiger partial charge in [-0.15, -0.1) is 0 Å². The van der Waals surface area contributed by atoms with Crippen molar-refractivity contribution in [1.82, 2.24) is 15.8 Å². The first-order valence-electron chi connectivity index (χ1n) is 5.54. The van der Waals surface area contributed by atoms with E-state index in [4.69, 9.17) is 4.52 Å². The molecule has 0 saturated carbocycles. The van der Waals surface area contributed by atoms with Crippen LogP contribution in [0.5, 0.6) is 0 Å². The zero-order valence-corrected chi connectivity index (χ0v) is 10.0. The second-order valence-corrected chi connectivity index (χ2v) is 3.87. The number of carbonyl (C=O) groups is 1. The molecule has 1 atom stereocenters. The van der Waals surface area contributed by atoms with Gasteiger partial charge in [0.05, 0.1) is 6.54 Å². The minimum atomic E-state index is 0.0223. The fourth-order valence-electron chi connectivity index (χ4n) is 1.46. The van der Waals surface area contributed by atoms with Crippen LogP contribution in [0.25, 0.3) is 0 Å². The van der Waals surface area contributed by atoms with E-state index in [1.54, 1.807) is 0 Å². The van der Waals surface area contributed by atoms with Crippen molar-refractivity contribution in [2.24, 2.45) is 0 Å². The Kier molecular flexibility index (Phi) is 4.98. The van der Waals surface area contributed by atoms with Crippen LogP contribution in [-0.2, 0) is 11.3 Å². The summed E-state index contributed by atoms with van der Waals surface area (Å²) in [6.45, 7) is 7.13. The second kappa shape index (κ2) is 6.27. The van der Waals surface area contributed by atoms with Crippen molar-refractivity contribution in [3.63, 3.8) is 0 Å². The molecule has 16 heavy (non-hydrogen) atoms. The lowest BCUT2D eigenvalue weighted by atomic mass is 10.2. The molecule has 1 heterocycles. The first kappa shape index (κ1) is 12.7. The molecule has 0 spiro atoms. The first-order chi connectivity index (χ1) is 7.61. The van der Waals surface area contributed by atoms with Gasteiger partial charge in [0, 0.05) is 18.5 Å². The van der Waals surface area contributed by atoms with E-state index in [0.717, 1.165) is 18.0 Å². The molecule has 1 amide bonds. The fourth-order valence-corrected chi connectivity index (χ4v) is 1.46. The average molecular weight is 225 g/mol. The molecule has 0 aromatic carbocycles. The van der Waals surface area contributed by atoms with Gasteiger partial charge in [0.1, 0.15) is 11.5 Å². The summed E-state index contributed by atoms with van der Waals surface area (Å²) >= 11 is 0. The molecule has 0 aliphatic rings. The SMILES string of the molecule is CCNC(C)CC(=O)NCc1cc(C)on1. The van der Waals surface area contributed by atoms with Gasteiger partial charge < -0.3 is 15.2 Å². The molecule has 0 bridgehead atoms. The molecule has 0 aliphatic heterocycles. The Hall–Kier alpha value is -1.36. The Morgan fingerprint density at radius 1 is 1.62 bits per heavy atom. The molecule has 2 N–H and O–H groups in total. The monoisotopic (exact) mass is 225 g/mol. The minimum absolute atomic E-state index is 0.0223. The van der Waals surface area contributed by atoms with E-state index >= 15 is 0 Å². The minimum Gasteiger partial charge on any atom is -0.361 e. The van der Waals surface area contributed by atoms with Crippen LogP contribution in [0.3, 0.4) is 0 Å². The van der Waals surface area contributed by atoms with Gasteiger partial charge in [0.2, 0.25) is 5.91 Å². The zero-order valence-electron chi connectivity index (χ0n) is 10.0. The van der Waals surface area contributed by atoms with E-state index in [2.05, 4.69) is 15.8 Å². The maximum absolute atomic E-state index is 11.5. The van der Waals surface area contributed by atoms with Crippen molar-refractivity contribution in [3.8, 4) is 0 Å². The molecule has 90 valence electrons. The number of hydrogen-bond donors (Lipinski definition) is 2. The Balaban J connectivity index is 2.25. The van der Waals surface area contributed by atoms with Crippen molar-refractivity contribution in [2.45, 2.75) is 39.8 Å². The summed E-state index contributed by atoms with van der Waals surface area (Å²) in [5.74, 6) is 0.777. The largest absolute Gasteiger partial charge is 0.361 e. The van der Waals surface area contributed by atoms with Crippen LogP contribution in [-0.4, -0.2) is 23.7 Å². The fraction of sp³-hybridized carbons (Fsp3) is 0.636. The molecule has 1 unspecified atom stereocenters. The third-order valence-electron chi connectivity index (χ3n) is 2.19. The molecule has 0 aliphatic carbocycles. The Morgan fingerprint density at radius 2 is 2.38 bits per heavy atom. The van der Waals surface area contributed by atoms with Crippen LogP contribution >= 0.6 is 0 Å². The van der Waals surface area contributed by atoms with Gasteiger partial charge in [-0.05, 0) is 20.4 Å². The average Bonchev–Trinajstić information content (AvgIpc) is 2.61. The van der Waals surface area contributed by atoms with E-state index in [-0.39, 0.29) is 11.9 Å². The number of aryl methyl sites for hydroxylation is 1. The van der Waals surface area contributed by atoms with Gasteiger partial charge in [-0.25, -0.2) is 0 Å². The highest BCUT2D eigenvalue weighted by Gasteiger charge is 2.08. The van der Waals surface area contributed by atoms with Crippen molar-refractivity contribution in [3.05, 3.63) is 17.5 Å². The summed E-state index contributed by atoms with van der Waals surface area (Å²) < 4.78 is 4.90. The summed E-state index contributed by atoms with van der Waals surface area (Å²) in [6.07, 6.45) is 0.477. The predicted octanol–water partition coefficient (Wildman–Crippen LogP) is 0.987. The third-order valence-corrected chi connectivity index (χ3v) is 2.19. The Morgan fingerprint density at radius 3 is 2.94 bits per heavy atom. The number of aromatic nitrogens is 1. The molecular weight excluding hydrogens is 206 g/mol. The molecule has 0 fully saturated rings. The Labute approximate surface area is 95.6 Å². The summed E-state index contributed by atoms with van der Waals surface area (Å²) in [5.41, 5.74) is 0.752. The van der Waals surface area contributed by atoms with E-state index in [9.17, 15) is 4.79 Å². The quantitative estimate of drug-likeness (QED) is 0.757. The number of amides is 1. The number of hydrogen-bond acceptors (Lipinski definition) is 4. The van der Waals surface area contributed by atoms with Gasteiger partial charge in [-0.2, -0.15) is 0 Å². The van der Waals surface area contributed by atoms with Crippen LogP contribution in [0.15, 0.2) is 10.6 Å². The van der Waals surface area contributed by atoms with Crippen LogP contribution in [0.1, 0.15) is 31.7 Å². The van der Waals surface area contributed by atoms with Crippen molar-refractivity contribution < 1.29 is 9.32 Å². The molecule has 1 aromatic rings. The lowest BCUT2D eigenvalue weighted by Crippen LogP contribution is -2.33. The maximum Gasteiger partial charge on any atom is 0.221 e.